The van der Waals surface area contributed by atoms with Gasteiger partial charge in [-0.3, -0.25) is 4.79 Å². The molecule has 0 atom stereocenters. The highest BCUT2D eigenvalue weighted by Gasteiger charge is 2.16. The van der Waals surface area contributed by atoms with E-state index in [2.05, 4.69) is 45.5 Å². The Labute approximate surface area is 121 Å². The Bertz CT molecular complexity index is 480. The SMILES string of the molecule is CC(C)Cn1ncc(NC2CCNCC2)c(Br)c1=O. The highest BCUT2D eigenvalue weighted by molar-refractivity contribution is 9.10. The van der Waals surface area contributed by atoms with Crippen LogP contribution in [0.3, 0.4) is 0 Å². The first-order valence-electron chi connectivity index (χ1n) is 6.81. The van der Waals surface area contributed by atoms with Crippen molar-refractivity contribution >= 4 is 21.6 Å². The summed E-state index contributed by atoms with van der Waals surface area (Å²) in [6.07, 6.45) is 3.89. The number of rotatable bonds is 4. The third-order valence-corrected chi connectivity index (χ3v) is 3.99. The molecule has 0 amide bonds. The third-order valence-electron chi connectivity index (χ3n) is 3.22. The minimum Gasteiger partial charge on any atom is -0.380 e. The van der Waals surface area contributed by atoms with E-state index in [1.165, 1.54) is 4.68 Å². The minimum atomic E-state index is -0.0624. The fourth-order valence-corrected chi connectivity index (χ4v) is 2.65. The van der Waals surface area contributed by atoms with Crippen molar-refractivity contribution in [1.29, 1.82) is 0 Å². The number of halogens is 1. The zero-order valence-electron chi connectivity index (χ0n) is 11.4. The molecule has 1 aromatic heterocycles. The van der Waals surface area contributed by atoms with Crippen LogP contribution in [0.1, 0.15) is 26.7 Å². The van der Waals surface area contributed by atoms with Crippen LogP contribution in [0.15, 0.2) is 15.5 Å². The molecule has 0 aliphatic carbocycles. The summed E-state index contributed by atoms with van der Waals surface area (Å²) in [6.45, 7) is 6.83. The molecule has 2 rings (SSSR count). The fourth-order valence-electron chi connectivity index (χ4n) is 2.23. The summed E-state index contributed by atoms with van der Waals surface area (Å²) < 4.78 is 2.10. The number of piperidine rings is 1. The maximum Gasteiger partial charge on any atom is 0.283 e. The van der Waals surface area contributed by atoms with Crippen LogP contribution in [0.5, 0.6) is 0 Å². The summed E-state index contributed by atoms with van der Waals surface area (Å²) in [7, 11) is 0. The van der Waals surface area contributed by atoms with Crippen molar-refractivity contribution in [3.05, 3.63) is 21.0 Å². The molecule has 0 spiro atoms. The molecule has 0 aromatic carbocycles. The van der Waals surface area contributed by atoms with Crippen molar-refractivity contribution in [2.45, 2.75) is 39.3 Å². The van der Waals surface area contributed by atoms with Crippen molar-refractivity contribution < 1.29 is 0 Å². The number of hydrogen-bond donors (Lipinski definition) is 2. The van der Waals surface area contributed by atoms with E-state index in [9.17, 15) is 4.79 Å². The van der Waals surface area contributed by atoms with Gasteiger partial charge in [0.15, 0.2) is 0 Å². The van der Waals surface area contributed by atoms with Crippen molar-refractivity contribution in [1.82, 2.24) is 15.1 Å². The van der Waals surface area contributed by atoms with Crippen LogP contribution in [0.2, 0.25) is 0 Å². The maximum absolute atomic E-state index is 12.2. The van der Waals surface area contributed by atoms with Gasteiger partial charge in [0.2, 0.25) is 0 Å². The van der Waals surface area contributed by atoms with Crippen molar-refractivity contribution in [2.24, 2.45) is 5.92 Å². The molecule has 2 N–H and O–H groups in total. The van der Waals surface area contributed by atoms with Crippen LogP contribution >= 0.6 is 15.9 Å². The number of nitrogens with zero attached hydrogens (tertiary/aromatic N) is 2. The Morgan fingerprint density at radius 1 is 1.53 bits per heavy atom. The van der Waals surface area contributed by atoms with Crippen LogP contribution in [0.4, 0.5) is 5.69 Å². The van der Waals surface area contributed by atoms with Gasteiger partial charge in [-0.05, 0) is 47.8 Å². The Morgan fingerprint density at radius 3 is 2.84 bits per heavy atom. The molecule has 1 saturated heterocycles. The van der Waals surface area contributed by atoms with Gasteiger partial charge in [-0.1, -0.05) is 13.8 Å². The van der Waals surface area contributed by atoms with Gasteiger partial charge in [0.05, 0.1) is 11.9 Å². The van der Waals surface area contributed by atoms with E-state index in [0.29, 0.717) is 23.0 Å². The van der Waals surface area contributed by atoms with Crippen molar-refractivity contribution in [3.8, 4) is 0 Å². The average molecular weight is 329 g/mol. The molecular formula is C13H21BrN4O. The van der Waals surface area contributed by atoms with Crippen LogP contribution in [0, 0.1) is 5.92 Å². The van der Waals surface area contributed by atoms with E-state index in [4.69, 9.17) is 0 Å². The van der Waals surface area contributed by atoms with E-state index in [1.54, 1.807) is 6.20 Å². The number of anilines is 1. The summed E-state index contributed by atoms with van der Waals surface area (Å²) in [6, 6.07) is 0.416. The number of hydrogen-bond acceptors (Lipinski definition) is 4. The standard InChI is InChI=1S/C13H21BrN4O/c1-9(2)8-18-13(19)12(14)11(7-16-18)17-10-3-5-15-6-4-10/h7,9-10,15,17H,3-6,8H2,1-2H3. The Kier molecular flexibility index (Phi) is 4.99. The van der Waals surface area contributed by atoms with Gasteiger partial charge in [0.1, 0.15) is 4.47 Å². The maximum atomic E-state index is 12.2. The lowest BCUT2D eigenvalue weighted by Crippen LogP contribution is -2.36. The Balaban J connectivity index is 2.13. The van der Waals surface area contributed by atoms with E-state index >= 15 is 0 Å². The first kappa shape index (κ1) is 14.5. The Hall–Kier alpha value is -0.880. The van der Waals surface area contributed by atoms with Crippen molar-refractivity contribution in [3.63, 3.8) is 0 Å². The number of nitrogens with one attached hydrogen (secondary N) is 2. The topological polar surface area (TPSA) is 59.0 Å². The van der Waals surface area contributed by atoms with Gasteiger partial charge in [-0.15, -0.1) is 0 Å². The summed E-state index contributed by atoms with van der Waals surface area (Å²) in [5, 5.41) is 11.0. The molecule has 1 aliphatic heterocycles. The van der Waals surface area contributed by atoms with E-state index in [1.807, 2.05) is 0 Å². The molecule has 1 fully saturated rings. The average Bonchev–Trinajstić information content (AvgIpc) is 2.39. The highest BCUT2D eigenvalue weighted by atomic mass is 79.9. The molecule has 0 bridgehead atoms. The Morgan fingerprint density at radius 2 is 2.21 bits per heavy atom. The lowest BCUT2D eigenvalue weighted by molar-refractivity contribution is 0.460. The summed E-state index contributed by atoms with van der Waals surface area (Å²) in [5.74, 6) is 0.403. The smallest absolute Gasteiger partial charge is 0.283 e. The van der Waals surface area contributed by atoms with E-state index in [0.717, 1.165) is 31.6 Å². The monoisotopic (exact) mass is 328 g/mol. The molecule has 106 valence electrons. The lowest BCUT2D eigenvalue weighted by atomic mass is 10.1. The highest BCUT2D eigenvalue weighted by Crippen LogP contribution is 2.19. The van der Waals surface area contributed by atoms with Crippen LogP contribution < -0.4 is 16.2 Å². The molecule has 2 heterocycles. The van der Waals surface area contributed by atoms with Crippen LogP contribution in [0.25, 0.3) is 0 Å². The molecule has 6 heteroatoms. The molecule has 5 nitrogen and oxygen atoms in total. The van der Waals surface area contributed by atoms with Gasteiger partial charge in [-0.2, -0.15) is 5.10 Å². The summed E-state index contributed by atoms with van der Waals surface area (Å²) >= 11 is 3.40. The van der Waals surface area contributed by atoms with E-state index < -0.39 is 0 Å². The zero-order valence-corrected chi connectivity index (χ0v) is 13.0. The van der Waals surface area contributed by atoms with Crippen molar-refractivity contribution in [2.75, 3.05) is 18.4 Å². The zero-order chi connectivity index (χ0) is 13.8. The predicted octanol–water partition coefficient (Wildman–Crippen LogP) is 1.83. The lowest BCUT2D eigenvalue weighted by Gasteiger charge is -2.25. The first-order chi connectivity index (χ1) is 9.08. The van der Waals surface area contributed by atoms with Gasteiger partial charge in [0.25, 0.3) is 5.56 Å². The molecule has 19 heavy (non-hydrogen) atoms. The predicted molar refractivity (Wildman–Crippen MR) is 80.5 cm³/mol. The second-order valence-corrected chi connectivity index (χ2v) is 6.21. The second-order valence-electron chi connectivity index (χ2n) is 5.42. The molecule has 1 aromatic rings. The van der Waals surface area contributed by atoms with Gasteiger partial charge in [0, 0.05) is 12.6 Å². The largest absolute Gasteiger partial charge is 0.380 e. The molecule has 0 saturated carbocycles. The minimum absolute atomic E-state index is 0.0624. The first-order valence-corrected chi connectivity index (χ1v) is 7.60. The summed E-state index contributed by atoms with van der Waals surface area (Å²) in [5.41, 5.74) is 0.740. The van der Waals surface area contributed by atoms with Crippen LogP contribution in [-0.2, 0) is 6.54 Å². The van der Waals surface area contributed by atoms with E-state index in [-0.39, 0.29) is 5.56 Å². The number of aromatic nitrogens is 2. The molecule has 1 aliphatic rings. The van der Waals surface area contributed by atoms with Gasteiger partial charge >= 0.3 is 0 Å². The normalized spacial score (nSPS) is 16.8. The quantitative estimate of drug-likeness (QED) is 0.885. The van der Waals surface area contributed by atoms with Gasteiger partial charge < -0.3 is 10.6 Å². The molecule has 0 unspecified atom stereocenters. The summed E-state index contributed by atoms with van der Waals surface area (Å²) in [4.78, 5) is 12.2. The van der Waals surface area contributed by atoms with Crippen LogP contribution in [-0.4, -0.2) is 28.9 Å². The fraction of sp³-hybridized carbons (Fsp3) is 0.692. The molecule has 0 radical (unpaired) electrons. The molecular weight excluding hydrogens is 308 g/mol. The van der Waals surface area contributed by atoms with Gasteiger partial charge in [-0.25, -0.2) is 4.68 Å². The second kappa shape index (κ2) is 6.52. The third kappa shape index (κ3) is 3.79.